The second-order valence-corrected chi connectivity index (χ2v) is 11.2. The molecular weight excluding hydrogens is 590 g/mol. The van der Waals surface area contributed by atoms with Gasteiger partial charge in [-0.2, -0.15) is 26.3 Å². The van der Waals surface area contributed by atoms with Gasteiger partial charge in [-0.05, 0) is 28.7 Å². The van der Waals surface area contributed by atoms with Crippen LogP contribution in [-0.2, 0) is 21.7 Å². The molecule has 1 saturated heterocycles. The summed E-state index contributed by atoms with van der Waals surface area (Å²) in [5.41, 5.74) is 2.41. The SMILES string of the molecule is CC1CN=CC=C1CN1CCN(Cc2ccc(-c3ccc(C(O)(C(F)(F)F)C(F)(F)F)cc3)cc2)C[C@H]1CC(=O)OCCN. The molecule has 0 bridgehead atoms. The highest BCUT2D eigenvalue weighted by atomic mass is 19.4. The van der Waals surface area contributed by atoms with Crippen LogP contribution in [-0.4, -0.2) is 91.4 Å². The molecule has 2 aliphatic rings. The normalized spacial score (nSPS) is 20.4. The lowest BCUT2D eigenvalue weighted by molar-refractivity contribution is -0.376. The van der Waals surface area contributed by atoms with Crippen LogP contribution in [0.4, 0.5) is 26.3 Å². The number of esters is 1. The van der Waals surface area contributed by atoms with Gasteiger partial charge in [0.25, 0.3) is 5.60 Å². The predicted octanol–water partition coefficient (Wildman–Crippen LogP) is 4.69. The Morgan fingerprint density at radius 3 is 2.16 bits per heavy atom. The number of carbonyl (C=O) groups is 1. The number of dihydropyridines is 1. The van der Waals surface area contributed by atoms with E-state index in [-0.39, 0.29) is 31.6 Å². The zero-order chi connectivity index (χ0) is 32.1. The van der Waals surface area contributed by atoms with E-state index >= 15 is 0 Å². The summed E-state index contributed by atoms with van der Waals surface area (Å²) in [6, 6.07) is 10.6. The molecule has 4 rings (SSSR count). The van der Waals surface area contributed by atoms with Gasteiger partial charge in [0, 0.05) is 63.6 Å². The predicted molar refractivity (Wildman–Crippen MR) is 154 cm³/mol. The molecule has 0 radical (unpaired) electrons. The van der Waals surface area contributed by atoms with Gasteiger partial charge in [-0.3, -0.25) is 19.6 Å². The van der Waals surface area contributed by atoms with Crippen LogP contribution in [0.15, 0.2) is 65.2 Å². The average Bonchev–Trinajstić information content (AvgIpc) is 2.97. The molecule has 13 heteroatoms. The van der Waals surface area contributed by atoms with Crippen molar-refractivity contribution in [3.8, 4) is 11.1 Å². The summed E-state index contributed by atoms with van der Waals surface area (Å²) in [6.07, 6.45) is -7.81. The van der Waals surface area contributed by atoms with Crippen molar-refractivity contribution in [2.45, 2.75) is 43.9 Å². The molecule has 2 aliphatic heterocycles. The van der Waals surface area contributed by atoms with E-state index < -0.39 is 23.5 Å². The van der Waals surface area contributed by atoms with E-state index in [4.69, 9.17) is 10.5 Å². The lowest BCUT2D eigenvalue weighted by Gasteiger charge is -2.42. The number of aliphatic hydroxyl groups is 1. The third-order valence-electron chi connectivity index (χ3n) is 8.08. The Bertz CT molecular complexity index is 1310. The van der Waals surface area contributed by atoms with Crippen LogP contribution in [0, 0.1) is 5.92 Å². The second kappa shape index (κ2) is 13.8. The van der Waals surface area contributed by atoms with Gasteiger partial charge >= 0.3 is 18.3 Å². The van der Waals surface area contributed by atoms with Gasteiger partial charge in [0.1, 0.15) is 6.61 Å². The maximum atomic E-state index is 13.2. The number of ether oxygens (including phenoxy) is 1. The largest absolute Gasteiger partial charge is 0.464 e. The number of aliphatic imine (C=N–C) groups is 1. The standard InChI is InChI=1S/C31H36F6N4O3/c1-21-17-39-12-10-25(21)19-41-14-13-40(20-27(41)16-28(42)44-15-11-38)18-22-2-4-23(5-3-22)24-6-8-26(9-7-24)29(43,30(32,33)34)31(35,36)37/h2-10,12,21,27,43H,11,13-20,38H2,1H3/t21?,27-/m1/s1. The Kier molecular flexibility index (Phi) is 10.5. The number of piperazine rings is 1. The van der Waals surface area contributed by atoms with Crippen LogP contribution >= 0.6 is 0 Å². The number of rotatable bonds is 10. The number of carbonyl (C=O) groups excluding carboxylic acids is 1. The first kappa shape index (κ1) is 33.6. The molecule has 1 unspecified atom stereocenters. The second-order valence-electron chi connectivity index (χ2n) is 11.2. The van der Waals surface area contributed by atoms with Gasteiger partial charge in [-0.1, -0.05) is 61.0 Å². The molecule has 2 aromatic rings. The fourth-order valence-electron chi connectivity index (χ4n) is 5.47. The Morgan fingerprint density at radius 2 is 1.59 bits per heavy atom. The average molecular weight is 627 g/mol. The van der Waals surface area contributed by atoms with Gasteiger partial charge < -0.3 is 15.6 Å². The zero-order valence-electron chi connectivity index (χ0n) is 24.2. The first-order valence-corrected chi connectivity index (χ1v) is 14.3. The fraction of sp³-hybridized carbons (Fsp3) is 0.484. The maximum Gasteiger partial charge on any atom is 0.430 e. The summed E-state index contributed by atoms with van der Waals surface area (Å²) in [5, 5.41) is 9.63. The molecule has 0 aromatic heterocycles. The third-order valence-corrected chi connectivity index (χ3v) is 8.08. The molecular formula is C31H36F6N4O3. The lowest BCUT2D eigenvalue weighted by Crippen LogP contribution is -2.54. The van der Waals surface area contributed by atoms with E-state index in [2.05, 4.69) is 21.7 Å². The number of allylic oxidation sites excluding steroid dienone is 1. The van der Waals surface area contributed by atoms with E-state index in [1.54, 1.807) is 12.1 Å². The van der Waals surface area contributed by atoms with Gasteiger partial charge in [-0.25, -0.2) is 0 Å². The Morgan fingerprint density at radius 1 is 0.977 bits per heavy atom. The number of halogens is 6. The molecule has 0 saturated carbocycles. The molecule has 7 nitrogen and oxygen atoms in total. The van der Waals surface area contributed by atoms with Crippen molar-refractivity contribution < 1.29 is 41.0 Å². The summed E-state index contributed by atoms with van der Waals surface area (Å²) in [4.78, 5) is 21.3. The van der Waals surface area contributed by atoms with Gasteiger partial charge in [0.05, 0.1) is 6.42 Å². The highest BCUT2D eigenvalue weighted by molar-refractivity contribution is 5.73. The first-order valence-electron chi connectivity index (χ1n) is 14.3. The van der Waals surface area contributed by atoms with Crippen molar-refractivity contribution in [1.82, 2.24) is 9.80 Å². The smallest absolute Gasteiger partial charge is 0.430 e. The highest BCUT2D eigenvalue weighted by Gasteiger charge is 2.71. The lowest BCUT2D eigenvalue weighted by atomic mass is 9.90. The van der Waals surface area contributed by atoms with E-state index in [0.29, 0.717) is 42.3 Å². The van der Waals surface area contributed by atoms with E-state index in [1.165, 1.54) is 5.57 Å². The van der Waals surface area contributed by atoms with Crippen LogP contribution in [0.3, 0.4) is 0 Å². The van der Waals surface area contributed by atoms with Crippen molar-refractivity contribution in [2.75, 3.05) is 45.9 Å². The Hall–Kier alpha value is -3.26. The van der Waals surface area contributed by atoms with Gasteiger partial charge in [-0.15, -0.1) is 0 Å². The monoisotopic (exact) mass is 626 g/mol. The summed E-state index contributed by atoms with van der Waals surface area (Å²) in [6.45, 7) is 6.71. The molecule has 2 heterocycles. The van der Waals surface area contributed by atoms with Crippen molar-refractivity contribution in [2.24, 2.45) is 16.6 Å². The Labute approximate surface area is 252 Å². The molecule has 3 N–H and O–H groups in total. The van der Waals surface area contributed by atoms with Crippen LogP contribution < -0.4 is 5.73 Å². The molecule has 240 valence electrons. The number of nitrogens with two attached hydrogens (primary N) is 1. The van der Waals surface area contributed by atoms with E-state index in [1.807, 2.05) is 24.4 Å². The quantitative estimate of drug-likeness (QED) is 0.294. The first-order chi connectivity index (χ1) is 20.7. The van der Waals surface area contributed by atoms with E-state index in [0.717, 1.165) is 43.9 Å². The van der Waals surface area contributed by atoms with Crippen LogP contribution in [0.1, 0.15) is 24.5 Å². The molecule has 44 heavy (non-hydrogen) atoms. The third kappa shape index (κ3) is 7.68. The van der Waals surface area contributed by atoms with Crippen molar-refractivity contribution in [3.63, 3.8) is 0 Å². The topological polar surface area (TPSA) is 91.4 Å². The number of hydrogen-bond acceptors (Lipinski definition) is 7. The van der Waals surface area contributed by atoms with Crippen molar-refractivity contribution in [3.05, 3.63) is 71.3 Å². The molecule has 0 amide bonds. The molecule has 0 aliphatic carbocycles. The number of hydrogen-bond donors (Lipinski definition) is 2. The zero-order valence-corrected chi connectivity index (χ0v) is 24.2. The summed E-state index contributed by atoms with van der Waals surface area (Å²) >= 11 is 0. The minimum atomic E-state index is -5.94. The van der Waals surface area contributed by atoms with Crippen molar-refractivity contribution in [1.29, 1.82) is 0 Å². The number of alkyl halides is 6. The van der Waals surface area contributed by atoms with Crippen LogP contribution in [0.2, 0.25) is 0 Å². The van der Waals surface area contributed by atoms with Gasteiger partial charge in [0.15, 0.2) is 0 Å². The number of nitrogens with zero attached hydrogens (tertiary/aromatic N) is 3. The molecule has 2 atom stereocenters. The van der Waals surface area contributed by atoms with Crippen molar-refractivity contribution >= 4 is 12.2 Å². The minimum absolute atomic E-state index is 0.0779. The molecule has 2 aromatic carbocycles. The van der Waals surface area contributed by atoms with Crippen LogP contribution in [0.5, 0.6) is 0 Å². The Balaban J connectivity index is 1.43. The maximum absolute atomic E-state index is 13.2. The van der Waals surface area contributed by atoms with Crippen LogP contribution in [0.25, 0.3) is 11.1 Å². The highest BCUT2D eigenvalue weighted by Crippen LogP contribution is 2.50. The van der Waals surface area contributed by atoms with E-state index in [9.17, 15) is 36.2 Å². The minimum Gasteiger partial charge on any atom is -0.464 e. The summed E-state index contributed by atoms with van der Waals surface area (Å²) < 4.78 is 84.5. The molecule has 0 spiro atoms. The summed E-state index contributed by atoms with van der Waals surface area (Å²) in [7, 11) is 0. The summed E-state index contributed by atoms with van der Waals surface area (Å²) in [5.74, 6) is 0.0110. The molecule has 1 fully saturated rings. The number of benzene rings is 2. The van der Waals surface area contributed by atoms with Gasteiger partial charge in [0.2, 0.25) is 0 Å². The fourth-order valence-corrected chi connectivity index (χ4v) is 5.47.